The number of hydrogen-bond acceptors (Lipinski definition) is 0. The van der Waals surface area contributed by atoms with Crippen LogP contribution in [0.3, 0.4) is 0 Å². The zero-order chi connectivity index (χ0) is 5.28. The van der Waals surface area contributed by atoms with Gasteiger partial charge in [0.05, 0.1) is 0 Å². The van der Waals surface area contributed by atoms with Gasteiger partial charge in [0.1, 0.15) is 0 Å². The monoisotopic (exact) mass is 203 g/mol. The molecule has 2 heteroatoms. The number of rotatable bonds is 0. The number of nitrogens with zero attached hydrogens (tertiary/aromatic N) is 1. The maximum atomic E-state index is 2.18. The van der Waals surface area contributed by atoms with Crippen molar-refractivity contribution in [1.82, 2.24) is 4.57 Å². The first-order valence-corrected chi connectivity index (χ1v) is 5.24. The molecular formula is C5H9NSn. The molecule has 0 saturated heterocycles. The van der Waals surface area contributed by atoms with Crippen LogP contribution in [-0.2, 0) is 7.05 Å². The van der Waals surface area contributed by atoms with Gasteiger partial charge in [-0.05, 0) is 0 Å². The van der Waals surface area contributed by atoms with Gasteiger partial charge in [0, 0.05) is 0 Å². The predicted molar refractivity (Wildman–Crippen MR) is 35.0 cm³/mol. The second-order valence-corrected chi connectivity index (χ2v) is 4.68. The van der Waals surface area contributed by atoms with E-state index in [-0.39, 0.29) is 0 Å². The topological polar surface area (TPSA) is 4.93 Å². The summed E-state index contributed by atoms with van der Waals surface area (Å²) in [6.45, 7) is 0. The molecule has 0 bridgehead atoms. The van der Waals surface area contributed by atoms with Crippen molar-refractivity contribution >= 4 is 26.2 Å². The Bertz CT molecular complexity index is 140. The SMILES string of the molecule is Cn1ccc[c]1[SnH3]. The van der Waals surface area contributed by atoms with Crippen LogP contribution >= 0.6 is 0 Å². The van der Waals surface area contributed by atoms with E-state index >= 15 is 0 Å². The van der Waals surface area contributed by atoms with Crippen LogP contribution in [0.25, 0.3) is 0 Å². The summed E-state index contributed by atoms with van der Waals surface area (Å²) < 4.78 is 3.69. The van der Waals surface area contributed by atoms with Crippen molar-refractivity contribution in [1.29, 1.82) is 0 Å². The third kappa shape index (κ3) is 0.996. The summed E-state index contributed by atoms with van der Waals surface area (Å²) in [7, 11) is 2.09. The second-order valence-electron chi connectivity index (χ2n) is 1.76. The molecule has 1 aromatic rings. The Morgan fingerprint density at radius 2 is 2.43 bits per heavy atom. The fourth-order valence-electron chi connectivity index (χ4n) is 0.547. The standard InChI is InChI=1S/C5H6N.Sn.3H/c1-6-4-2-3-5-6;;;;/h2-4H,1H3;;;;. The van der Waals surface area contributed by atoms with E-state index in [0.29, 0.717) is 22.5 Å². The molecule has 38 valence electrons. The molecule has 0 spiro atoms. The Hall–Kier alpha value is 0.0787. The first-order chi connectivity index (χ1) is 3.30. The predicted octanol–water partition coefficient (Wildman–Crippen LogP) is -0.984. The quantitative estimate of drug-likeness (QED) is 0.476. The number of hydrogen-bond donors (Lipinski definition) is 0. The molecule has 1 rings (SSSR count). The Kier molecular flexibility index (Phi) is 1.42. The molecule has 0 unspecified atom stereocenters. The van der Waals surface area contributed by atoms with Gasteiger partial charge < -0.3 is 0 Å². The van der Waals surface area contributed by atoms with Crippen molar-refractivity contribution in [2.45, 2.75) is 0 Å². The van der Waals surface area contributed by atoms with E-state index < -0.39 is 0 Å². The summed E-state index contributed by atoms with van der Waals surface area (Å²) in [5.41, 5.74) is 0. The summed E-state index contributed by atoms with van der Waals surface area (Å²) in [6, 6.07) is 4.27. The van der Waals surface area contributed by atoms with Crippen molar-refractivity contribution in [2.24, 2.45) is 7.05 Å². The Morgan fingerprint density at radius 3 is 2.57 bits per heavy atom. The normalized spacial score (nSPS) is 9.86. The van der Waals surface area contributed by atoms with Crippen LogP contribution in [0, 0.1) is 0 Å². The maximum absolute atomic E-state index is 2.18. The molecule has 0 fully saturated rings. The molecule has 0 radical (unpaired) electrons. The minimum absolute atomic E-state index is 0.689. The van der Waals surface area contributed by atoms with Gasteiger partial charge in [-0.3, -0.25) is 0 Å². The fraction of sp³-hybridized carbons (Fsp3) is 0.200. The van der Waals surface area contributed by atoms with Crippen molar-refractivity contribution < 1.29 is 0 Å². The first kappa shape index (κ1) is 5.22. The van der Waals surface area contributed by atoms with Crippen LogP contribution < -0.4 is 3.71 Å². The average molecular weight is 202 g/mol. The van der Waals surface area contributed by atoms with E-state index in [1.54, 1.807) is 0 Å². The molecule has 7 heavy (non-hydrogen) atoms. The van der Waals surface area contributed by atoms with Crippen LogP contribution in [0.1, 0.15) is 0 Å². The molecule has 1 heterocycles. The molecule has 0 aliphatic heterocycles. The third-order valence-corrected chi connectivity index (χ3v) is 4.17. The molecule has 1 aromatic heterocycles. The van der Waals surface area contributed by atoms with Gasteiger partial charge in [0.25, 0.3) is 0 Å². The first-order valence-electron chi connectivity index (χ1n) is 2.38. The third-order valence-electron chi connectivity index (χ3n) is 1.20. The van der Waals surface area contributed by atoms with Crippen LogP contribution in [0.15, 0.2) is 18.3 Å². The van der Waals surface area contributed by atoms with Crippen molar-refractivity contribution in [3.05, 3.63) is 18.3 Å². The van der Waals surface area contributed by atoms with Crippen LogP contribution in [0.4, 0.5) is 0 Å². The second kappa shape index (κ2) is 1.90. The van der Waals surface area contributed by atoms with Crippen LogP contribution in [0.5, 0.6) is 0 Å². The van der Waals surface area contributed by atoms with E-state index in [9.17, 15) is 0 Å². The molecule has 0 aromatic carbocycles. The Balaban J connectivity index is 3.12. The zero-order valence-corrected chi connectivity index (χ0v) is 10.4. The summed E-state index contributed by atoms with van der Waals surface area (Å²) in [4.78, 5) is 0. The molecule has 0 N–H and O–H groups in total. The van der Waals surface area contributed by atoms with Crippen LogP contribution in [-0.4, -0.2) is 27.1 Å². The zero-order valence-electron chi connectivity index (χ0n) is 4.68. The summed E-state index contributed by atoms with van der Waals surface area (Å²) in [5.74, 6) is 0. The fourth-order valence-corrected chi connectivity index (χ4v) is 1.52. The summed E-state index contributed by atoms with van der Waals surface area (Å²) in [6.07, 6.45) is 2.09. The average Bonchev–Trinajstić information content (AvgIpc) is 1.91. The van der Waals surface area contributed by atoms with Gasteiger partial charge in [-0.15, -0.1) is 0 Å². The van der Waals surface area contributed by atoms with Gasteiger partial charge in [-0.1, -0.05) is 0 Å². The van der Waals surface area contributed by atoms with E-state index in [1.807, 2.05) is 0 Å². The van der Waals surface area contributed by atoms with Gasteiger partial charge in [0.15, 0.2) is 0 Å². The van der Waals surface area contributed by atoms with Gasteiger partial charge >= 0.3 is 56.2 Å². The van der Waals surface area contributed by atoms with E-state index in [2.05, 4.69) is 29.9 Å². The summed E-state index contributed by atoms with van der Waals surface area (Å²) in [5, 5.41) is 0. The van der Waals surface area contributed by atoms with Crippen molar-refractivity contribution in [3.8, 4) is 0 Å². The van der Waals surface area contributed by atoms with Crippen LogP contribution in [0.2, 0.25) is 0 Å². The van der Waals surface area contributed by atoms with Gasteiger partial charge in [-0.25, -0.2) is 0 Å². The van der Waals surface area contributed by atoms with E-state index in [1.165, 1.54) is 3.71 Å². The Labute approximate surface area is 56.4 Å². The number of aryl methyl sites for hydroxylation is 1. The molecule has 0 saturated carbocycles. The molecule has 0 amide bonds. The molecule has 0 aliphatic rings. The number of aromatic nitrogens is 1. The Morgan fingerprint density at radius 1 is 1.71 bits per heavy atom. The van der Waals surface area contributed by atoms with E-state index in [4.69, 9.17) is 0 Å². The summed E-state index contributed by atoms with van der Waals surface area (Å²) >= 11 is 0.689. The van der Waals surface area contributed by atoms with Crippen molar-refractivity contribution in [2.75, 3.05) is 0 Å². The molecular weight excluding hydrogens is 193 g/mol. The van der Waals surface area contributed by atoms with Crippen molar-refractivity contribution in [3.63, 3.8) is 0 Å². The van der Waals surface area contributed by atoms with Gasteiger partial charge in [-0.2, -0.15) is 0 Å². The van der Waals surface area contributed by atoms with Gasteiger partial charge in [0.2, 0.25) is 0 Å². The molecule has 0 atom stereocenters. The minimum atomic E-state index is 0.689. The van der Waals surface area contributed by atoms with E-state index in [0.717, 1.165) is 0 Å². The molecule has 1 nitrogen and oxygen atoms in total. The molecule has 0 aliphatic carbocycles.